The number of anilines is 1. The zero-order valence-electron chi connectivity index (χ0n) is 15.1. The standard InChI is InChI=1S/C18H16ClF3N3O3P/c1-2-27-29(26,25-14-6-4-3-5-7-14)11-13-9-8-12(10-15(13)20)16-23-17(28-24-16)18(19,21)22/h3-10H,2,11H2,1H3,(H,25,26). The molecule has 0 aliphatic rings. The van der Waals surface area contributed by atoms with Gasteiger partial charge >= 0.3 is 11.3 Å². The molecule has 0 amide bonds. The number of rotatable bonds is 8. The summed E-state index contributed by atoms with van der Waals surface area (Å²) in [6.07, 6.45) is -0.223. The van der Waals surface area contributed by atoms with Crippen LogP contribution in [0.5, 0.6) is 0 Å². The molecule has 1 unspecified atom stereocenters. The van der Waals surface area contributed by atoms with Crippen LogP contribution in [0, 0.1) is 5.82 Å². The first-order chi connectivity index (χ1) is 13.7. The van der Waals surface area contributed by atoms with Crippen LogP contribution >= 0.6 is 19.1 Å². The van der Waals surface area contributed by atoms with Gasteiger partial charge in [0.05, 0.1) is 12.8 Å². The van der Waals surface area contributed by atoms with Gasteiger partial charge in [-0.2, -0.15) is 13.8 Å². The molecule has 1 heterocycles. The molecule has 154 valence electrons. The molecule has 1 N–H and O–H groups in total. The molecule has 0 spiro atoms. The van der Waals surface area contributed by atoms with Gasteiger partial charge in [-0.25, -0.2) is 4.39 Å². The van der Waals surface area contributed by atoms with Gasteiger partial charge in [0.2, 0.25) is 5.82 Å². The minimum atomic E-state index is -3.82. The van der Waals surface area contributed by atoms with E-state index < -0.39 is 24.6 Å². The third kappa shape index (κ3) is 5.38. The molecule has 11 heteroatoms. The minimum absolute atomic E-state index is 0.101. The normalized spacial score (nSPS) is 13.8. The second-order valence-electron chi connectivity index (χ2n) is 5.95. The number of halogens is 4. The maximum absolute atomic E-state index is 14.6. The fourth-order valence-corrected chi connectivity index (χ4v) is 4.51. The number of hydrogen-bond donors (Lipinski definition) is 1. The quantitative estimate of drug-likeness (QED) is 0.338. The second kappa shape index (κ2) is 8.57. The topological polar surface area (TPSA) is 77.2 Å². The minimum Gasteiger partial charge on any atom is -0.331 e. The van der Waals surface area contributed by atoms with Crippen LogP contribution in [-0.4, -0.2) is 16.7 Å². The van der Waals surface area contributed by atoms with Crippen molar-refractivity contribution in [3.63, 3.8) is 0 Å². The molecule has 3 rings (SSSR count). The van der Waals surface area contributed by atoms with Crippen LogP contribution in [0.1, 0.15) is 18.4 Å². The van der Waals surface area contributed by atoms with E-state index in [0.29, 0.717) is 5.69 Å². The van der Waals surface area contributed by atoms with Crippen molar-refractivity contribution in [1.82, 2.24) is 10.1 Å². The van der Waals surface area contributed by atoms with E-state index in [2.05, 4.69) is 19.8 Å². The summed E-state index contributed by atoms with van der Waals surface area (Å²) >= 11 is 4.83. The van der Waals surface area contributed by atoms with E-state index in [1.165, 1.54) is 12.1 Å². The second-order valence-corrected chi connectivity index (χ2v) is 8.57. The van der Waals surface area contributed by atoms with Crippen molar-refractivity contribution >= 4 is 24.8 Å². The monoisotopic (exact) mass is 445 g/mol. The van der Waals surface area contributed by atoms with Crippen molar-refractivity contribution < 1.29 is 26.8 Å². The molecular formula is C18H16ClF3N3O3P. The molecule has 0 aliphatic heterocycles. The first-order valence-electron chi connectivity index (χ1n) is 8.47. The lowest BCUT2D eigenvalue weighted by atomic mass is 10.1. The number of para-hydroxylation sites is 1. The number of nitrogens with zero attached hydrogens (tertiary/aromatic N) is 2. The van der Waals surface area contributed by atoms with Crippen molar-refractivity contribution in [1.29, 1.82) is 0 Å². The van der Waals surface area contributed by atoms with E-state index in [1.807, 2.05) is 0 Å². The molecule has 1 aromatic heterocycles. The van der Waals surface area contributed by atoms with Crippen molar-refractivity contribution in [3.05, 3.63) is 65.8 Å². The van der Waals surface area contributed by atoms with Gasteiger partial charge in [0.25, 0.3) is 7.52 Å². The van der Waals surface area contributed by atoms with Gasteiger partial charge in [-0.1, -0.05) is 35.5 Å². The number of alkyl halides is 3. The first kappa shape index (κ1) is 21.4. The van der Waals surface area contributed by atoms with Crippen LogP contribution in [0.25, 0.3) is 11.4 Å². The van der Waals surface area contributed by atoms with E-state index in [9.17, 15) is 17.7 Å². The number of nitrogens with one attached hydrogen (secondary N) is 1. The Morgan fingerprint density at radius 1 is 1.24 bits per heavy atom. The Labute approximate surface area is 169 Å². The highest BCUT2D eigenvalue weighted by atomic mass is 35.5. The van der Waals surface area contributed by atoms with E-state index >= 15 is 0 Å². The summed E-state index contributed by atoms with van der Waals surface area (Å²) in [5, 5.41) is 2.38. The maximum atomic E-state index is 14.6. The summed E-state index contributed by atoms with van der Waals surface area (Å²) in [5.74, 6) is -2.06. The Kier molecular flexibility index (Phi) is 6.31. The Morgan fingerprint density at radius 3 is 2.55 bits per heavy atom. The molecule has 0 saturated carbocycles. The molecule has 2 aromatic carbocycles. The molecule has 0 aliphatic carbocycles. The SMILES string of the molecule is CCOP(=O)(Cc1ccc(-c2noc(C(F)(F)Cl)n2)cc1F)Nc1ccccc1. The maximum Gasteiger partial charge on any atom is 0.400 e. The zero-order chi connectivity index (χ0) is 21.1. The van der Waals surface area contributed by atoms with Crippen molar-refractivity contribution in [3.8, 4) is 11.4 Å². The molecule has 3 aromatic rings. The van der Waals surface area contributed by atoms with Crippen LogP contribution in [0.3, 0.4) is 0 Å². The van der Waals surface area contributed by atoms with Gasteiger partial charge in [-0.3, -0.25) is 4.57 Å². The van der Waals surface area contributed by atoms with Gasteiger partial charge in [0.1, 0.15) is 5.82 Å². The molecule has 0 bridgehead atoms. The predicted molar refractivity (Wildman–Crippen MR) is 102 cm³/mol. The highest BCUT2D eigenvalue weighted by molar-refractivity contribution is 7.59. The lowest BCUT2D eigenvalue weighted by Crippen LogP contribution is -2.05. The summed E-state index contributed by atoms with van der Waals surface area (Å²) in [7, 11) is -3.45. The zero-order valence-corrected chi connectivity index (χ0v) is 16.8. The van der Waals surface area contributed by atoms with Crippen molar-refractivity contribution in [2.45, 2.75) is 18.5 Å². The Morgan fingerprint density at radius 2 is 1.97 bits per heavy atom. The van der Waals surface area contributed by atoms with E-state index in [4.69, 9.17) is 16.1 Å². The lowest BCUT2D eigenvalue weighted by Gasteiger charge is -2.20. The Hall–Kier alpha value is -2.35. The fourth-order valence-electron chi connectivity index (χ4n) is 2.53. The van der Waals surface area contributed by atoms with Gasteiger partial charge in [0.15, 0.2) is 0 Å². The van der Waals surface area contributed by atoms with Gasteiger partial charge < -0.3 is 14.1 Å². The molecule has 6 nitrogen and oxygen atoms in total. The lowest BCUT2D eigenvalue weighted by molar-refractivity contribution is 0.0551. The van der Waals surface area contributed by atoms with Crippen molar-refractivity contribution in [2.24, 2.45) is 0 Å². The average Bonchev–Trinajstić information content (AvgIpc) is 3.15. The third-order valence-corrected chi connectivity index (χ3v) is 5.96. The molecule has 29 heavy (non-hydrogen) atoms. The number of hydrogen-bond acceptors (Lipinski definition) is 5. The summed E-state index contributed by atoms with van der Waals surface area (Å²) < 4.78 is 63.6. The molecule has 1 atom stereocenters. The van der Waals surface area contributed by atoms with Crippen LogP contribution in [-0.2, 0) is 20.6 Å². The van der Waals surface area contributed by atoms with Gasteiger partial charge in [-0.05, 0) is 42.3 Å². The fraction of sp³-hybridized carbons (Fsp3) is 0.222. The van der Waals surface area contributed by atoms with Gasteiger partial charge in [0, 0.05) is 11.3 Å². The van der Waals surface area contributed by atoms with Crippen LogP contribution in [0.2, 0.25) is 0 Å². The highest BCUT2D eigenvalue weighted by Crippen LogP contribution is 2.50. The summed E-state index contributed by atoms with van der Waals surface area (Å²) in [4.78, 5) is 3.46. The van der Waals surface area contributed by atoms with Crippen LogP contribution in [0.4, 0.5) is 18.9 Å². The third-order valence-electron chi connectivity index (χ3n) is 3.77. The highest BCUT2D eigenvalue weighted by Gasteiger charge is 2.36. The summed E-state index contributed by atoms with van der Waals surface area (Å²) in [5.41, 5.74) is 0.785. The molecule has 0 saturated heterocycles. The first-order valence-corrected chi connectivity index (χ1v) is 10.7. The Balaban J connectivity index is 1.83. The van der Waals surface area contributed by atoms with E-state index in [-0.39, 0.29) is 29.7 Å². The summed E-state index contributed by atoms with van der Waals surface area (Å²) in [6.45, 7) is 1.84. The molecular weight excluding hydrogens is 430 g/mol. The average molecular weight is 446 g/mol. The Bertz CT molecular complexity index is 1030. The van der Waals surface area contributed by atoms with E-state index in [1.54, 1.807) is 37.3 Å². The molecule has 0 radical (unpaired) electrons. The number of benzene rings is 2. The summed E-state index contributed by atoms with van der Waals surface area (Å²) in [6, 6.07) is 12.6. The van der Waals surface area contributed by atoms with E-state index in [0.717, 1.165) is 6.07 Å². The predicted octanol–water partition coefficient (Wildman–Crippen LogP) is 6.01. The van der Waals surface area contributed by atoms with Crippen LogP contribution in [0.15, 0.2) is 53.1 Å². The van der Waals surface area contributed by atoms with Crippen LogP contribution < -0.4 is 5.09 Å². The smallest absolute Gasteiger partial charge is 0.331 e. The van der Waals surface area contributed by atoms with Crippen molar-refractivity contribution in [2.75, 3.05) is 11.7 Å². The number of aromatic nitrogens is 2. The van der Waals surface area contributed by atoms with Gasteiger partial charge in [-0.15, -0.1) is 0 Å². The molecule has 0 fully saturated rings. The largest absolute Gasteiger partial charge is 0.400 e.